The normalized spacial score (nSPS) is 11.1. The topological polar surface area (TPSA) is 26.0 Å². The summed E-state index contributed by atoms with van der Waals surface area (Å²) in [6.07, 6.45) is 7.67. The minimum atomic E-state index is 0.759. The SMILES string of the molecule is NCCC=CCCc1ccsc1. The largest absolute Gasteiger partial charge is 0.330 e. The third-order valence-electron chi connectivity index (χ3n) is 1.68. The van der Waals surface area contributed by atoms with Crippen molar-refractivity contribution >= 4 is 11.3 Å². The van der Waals surface area contributed by atoms with E-state index in [4.69, 9.17) is 5.73 Å². The van der Waals surface area contributed by atoms with Crippen molar-refractivity contribution in [2.45, 2.75) is 19.3 Å². The summed E-state index contributed by atoms with van der Waals surface area (Å²) in [5, 5.41) is 4.33. The van der Waals surface area contributed by atoms with Gasteiger partial charge in [-0.25, -0.2) is 0 Å². The van der Waals surface area contributed by atoms with Crippen LogP contribution in [0, 0.1) is 0 Å². The Morgan fingerprint density at radius 2 is 2.17 bits per heavy atom. The van der Waals surface area contributed by atoms with Crippen LogP contribution in [0.2, 0.25) is 0 Å². The molecular formula is C10H15NS. The standard InChI is InChI=1S/C10H15NS/c11-7-4-2-1-3-5-10-6-8-12-9-10/h1-2,6,8-9H,3-5,7,11H2. The van der Waals surface area contributed by atoms with E-state index >= 15 is 0 Å². The van der Waals surface area contributed by atoms with Gasteiger partial charge in [-0.3, -0.25) is 0 Å². The van der Waals surface area contributed by atoms with Crippen molar-refractivity contribution in [1.29, 1.82) is 0 Å². The summed E-state index contributed by atoms with van der Waals surface area (Å²) in [7, 11) is 0. The summed E-state index contributed by atoms with van der Waals surface area (Å²) in [6, 6.07) is 2.18. The van der Waals surface area contributed by atoms with E-state index < -0.39 is 0 Å². The maximum atomic E-state index is 5.36. The Labute approximate surface area is 77.9 Å². The third kappa shape index (κ3) is 3.69. The van der Waals surface area contributed by atoms with Crippen LogP contribution in [0.4, 0.5) is 0 Å². The summed E-state index contributed by atoms with van der Waals surface area (Å²) in [6.45, 7) is 0.759. The zero-order valence-electron chi connectivity index (χ0n) is 7.20. The first-order chi connectivity index (χ1) is 5.93. The van der Waals surface area contributed by atoms with Gasteiger partial charge in [-0.15, -0.1) is 0 Å². The second-order valence-electron chi connectivity index (χ2n) is 2.72. The number of hydrogen-bond acceptors (Lipinski definition) is 2. The maximum absolute atomic E-state index is 5.36. The number of aryl methyl sites for hydroxylation is 1. The Kier molecular flexibility index (Phi) is 4.73. The summed E-state index contributed by atoms with van der Waals surface area (Å²) >= 11 is 1.76. The highest BCUT2D eigenvalue weighted by molar-refractivity contribution is 7.07. The lowest BCUT2D eigenvalue weighted by molar-refractivity contribution is 0.968. The number of nitrogens with two attached hydrogens (primary N) is 1. The molecule has 0 aromatic carbocycles. The molecule has 1 aromatic rings. The van der Waals surface area contributed by atoms with Crippen molar-refractivity contribution in [2.24, 2.45) is 5.73 Å². The summed E-state index contributed by atoms with van der Waals surface area (Å²) < 4.78 is 0. The molecule has 0 aliphatic carbocycles. The first kappa shape index (κ1) is 9.49. The molecule has 0 amide bonds. The van der Waals surface area contributed by atoms with E-state index in [0.717, 1.165) is 25.8 Å². The fourth-order valence-corrected chi connectivity index (χ4v) is 1.72. The van der Waals surface area contributed by atoms with Gasteiger partial charge in [0.2, 0.25) is 0 Å². The predicted molar refractivity (Wildman–Crippen MR) is 55.5 cm³/mol. The maximum Gasteiger partial charge on any atom is -0.00426 e. The smallest absolute Gasteiger partial charge is 0.00426 e. The fourth-order valence-electron chi connectivity index (χ4n) is 1.02. The number of rotatable bonds is 5. The molecule has 1 heterocycles. The predicted octanol–water partition coefficient (Wildman–Crippen LogP) is 2.59. The lowest BCUT2D eigenvalue weighted by atomic mass is 10.2. The van der Waals surface area contributed by atoms with Gasteiger partial charge in [-0.2, -0.15) is 11.3 Å². The molecule has 66 valence electrons. The molecule has 2 N–H and O–H groups in total. The minimum absolute atomic E-state index is 0.759. The van der Waals surface area contributed by atoms with E-state index in [9.17, 15) is 0 Å². The molecule has 0 saturated carbocycles. The van der Waals surface area contributed by atoms with Gasteiger partial charge < -0.3 is 5.73 Å². The Morgan fingerprint density at radius 1 is 1.33 bits per heavy atom. The van der Waals surface area contributed by atoms with Gasteiger partial charge in [0.25, 0.3) is 0 Å². The van der Waals surface area contributed by atoms with Gasteiger partial charge in [0.15, 0.2) is 0 Å². The van der Waals surface area contributed by atoms with E-state index in [1.807, 2.05) is 0 Å². The molecule has 0 spiro atoms. The molecule has 12 heavy (non-hydrogen) atoms. The molecule has 0 radical (unpaired) electrons. The molecule has 1 aromatic heterocycles. The van der Waals surface area contributed by atoms with Crippen LogP contribution in [0.3, 0.4) is 0 Å². The second-order valence-corrected chi connectivity index (χ2v) is 3.50. The molecule has 0 saturated heterocycles. The zero-order valence-corrected chi connectivity index (χ0v) is 8.02. The highest BCUT2D eigenvalue weighted by atomic mass is 32.1. The van der Waals surface area contributed by atoms with Crippen molar-refractivity contribution in [3.8, 4) is 0 Å². The van der Waals surface area contributed by atoms with Crippen LogP contribution in [-0.2, 0) is 6.42 Å². The van der Waals surface area contributed by atoms with Crippen molar-refractivity contribution in [3.63, 3.8) is 0 Å². The van der Waals surface area contributed by atoms with Gasteiger partial charge in [0.1, 0.15) is 0 Å². The van der Waals surface area contributed by atoms with E-state index in [-0.39, 0.29) is 0 Å². The van der Waals surface area contributed by atoms with Gasteiger partial charge in [0.05, 0.1) is 0 Å². The van der Waals surface area contributed by atoms with Crippen molar-refractivity contribution in [2.75, 3.05) is 6.54 Å². The van der Waals surface area contributed by atoms with E-state index in [1.54, 1.807) is 11.3 Å². The summed E-state index contributed by atoms with van der Waals surface area (Å²) in [5.41, 5.74) is 6.80. The molecule has 0 fully saturated rings. The minimum Gasteiger partial charge on any atom is -0.330 e. The van der Waals surface area contributed by atoms with Crippen LogP contribution >= 0.6 is 11.3 Å². The lowest BCUT2D eigenvalue weighted by Gasteiger charge is -1.90. The molecular weight excluding hydrogens is 166 g/mol. The molecule has 0 unspecified atom stereocenters. The van der Waals surface area contributed by atoms with E-state index in [0.29, 0.717) is 0 Å². The summed E-state index contributed by atoms with van der Waals surface area (Å²) in [4.78, 5) is 0. The van der Waals surface area contributed by atoms with Crippen LogP contribution in [0.15, 0.2) is 29.0 Å². The highest BCUT2D eigenvalue weighted by Crippen LogP contribution is 2.08. The van der Waals surface area contributed by atoms with Crippen LogP contribution in [0.25, 0.3) is 0 Å². The number of hydrogen-bond donors (Lipinski definition) is 1. The molecule has 2 heteroatoms. The van der Waals surface area contributed by atoms with Gasteiger partial charge >= 0.3 is 0 Å². The third-order valence-corrected chi connectivity index (χ3v) is 2.41. The van der Waals surface area contributed by atoms with Gasteiger partial charge in [0, 0.05) is 0 Å². The monoisotopic (exact) mass is 181 g/mol. The quantitative estimate of drug-likeness (QED) is 0.694. The second kappa shape index (κ2) is 5.98. The van der Waals surface area contributed by atoms with Crippen molar-refractivity contribution in [1.82, 2.24) is 0 Å². The average Bonchev–Trinajstić information content (AvgIpc) is 2.57. The number of thiophene rings is 1. The van der Waals surface area contributed by atoms with Crippen LogP contribution in [0.1, 0.15) is 18.4 Å². The number of allylic oxidation sites excluding steroid dienone is 1. The molecule has 1 nitrogen and oxygen atoms in total. The van der Waals surface area contributed by atoms with Crippen LogP contribution in [0.5, 0.6) is 0 Å². The molecule has 0 bridgehead atoms. The lowest BCUT2D eigenvalue weighted by Crippen LogP contribution is -1.95. The van der Waals surface area contributed by atoms with E-state index in [1.165, 1.54) is 5.56 Å². The molecule has 1 rings (SSSR count). The highest BCUT2D eigenvalue weighted by Gasteiger charge is 1.88. The van der Waals surface area contributed by atoms with E-state index in [2.05, 4.69) is 29.0 Å². The fraction of sp³-hybridized carbons (Fsp3) is 0.400. The van der Waals surface area contributed by atoms with Crippen LogP contribution < -0.4 is 5.73 Å². The van der Waals surface area contributed by atoms with Crippen molar-refractivity contribution < 1.29 is 0 Å². The Hall–Kier alpha value is -0.600. The molecule has 0 aliphatic rings. The molecule has 0 aliphatic heterocycles. The van der Waals surface area contributed by atoms with Crippen LogP contribution in [-0.4, -0.2) is 6.54 Å². The van der Waals surface area contributed by atoms with Crippen molar-refractivity contribution in [3.05, 3.63) is 34.5 Å². The van der Waals surface area contributed by atoms with Gasteiger partial charge in [-0.1, -0.05) is 12.2 Å². The Bertz CT molecular complexity index is 214. The van der Waals surface area contributed by atoms with Gasteiger partial charge in [-0.05, 0) is 48.2 Å². The average molecular weight is 181 g/mol. The Morgan fingerprint density at radius 3 is 2.83 bits per heavy atom. The Balaban J connectivity index is 2.11. The summed E-state index contributed by atoms with van der Waals surface area (Å²) in [5.74, 6) is 0. The molecule has 0 atom stereocenters. The first-order valence-corrected chi connectivity index (χ1v) is 5.24. The zero-order chi connectivity index (χ0) is 8.65. The first-order valence-electron chi connectivity index (χ1n) is 4.29.